The van der Waals surface area contributed by atoms with Crippen molar-refractivity contribution in [3.05, 3.63) is 51.0 Å². The van der Waals surface area contributed by atoms with Gasteiger partial charge in [-0.3, -0.25) is 9.48 Å². The molecule has 0 spiro atoms. The third-order valence-electron chi connectivity index (χ3n) is 6.72. The van der Waals surface area contributed by atoms with E-state index < -0.39 is 23.8 Å². The highest BCUT2D eigenvalue weighted by atomic mass is 35.5. The summed E-state index contributed by atoms with van der Waals surface area (Å²) in [6.45, 7) is 0.0999. The van der Waals surface area contributed by atoms with Crippen LogP contribution in [0.5, 0.6) is 5.75 Å². The first-order chi connectivity index (χ1) is 17.1. The van der Waals surface area contributed by atoms with E-state index in [0.29, 0.717) is 48.9 Å². The van der Waals surface area contributed by atoms with E-state index in [-0.39, 0.29) is 29.3 Å². The third kappa shape index (κ3) is 3.14. The van der Waals surface area contributed by atoms with Crippen LogP contribution in [0.15, 0.2) is 29.2 Å². The fourth-order valence-corrected chi connectivity index (χ4v) is 5.22. The Morgan fingerprint density at radius 2 is 1.97 bits per heavy atom. The number of nitrogens with zero attached hydrogens (tertiary/aromatic N) is 4. The van der Waals surface area contributed by atoms with Crippen molar-refractivity contribution in [2.75, 3.05) is 0 Å². The van der Waals surface area contributed by atoms with E-state index in [1.807, 2.05) is 0 Å². The minimum atomic E-state index is -4.38. The molecule has 12 heteroatoms. The number of hydrogen-bond acceptors (Lipinski definition) is 6. The summed E-state index contributed by atoms with van der Waals surface area (Å²) in [5.74, 6) is -1.61. The van der Waals surface area contributed by atoms with Crippen LogP contribution in [0.2, 0.25) is 5.02 Å². The number of alkyl halides is 3. The van der Waals surface area contributed by atoms with E-state index in [4.69, 9.17) is 22.1 Å². The van der Waals surface area contributed by atoms with Gasteiger partial charge in [0.05, 0.1) is 33.7 Å². The molecule has 1 aliphatic rings. The number of nitrogens with one attached hydrogen (secondary N) is 1. The smallest absolute Gasteiger partial charge is 0.395 e. The summed E-state index contributed by atoms with van der Waals surface area (Å²) >= 11 is 6.71. The largest absolute Gasteiger partial charge is 0.488 e. The maximum absolute atomic E-state index is 13.1. The molecule has 2 unspecified atom stereocenters. The number of nitriles is 1. The minimum absolute atomic E-state index is 0.0261. The molecule has 1 aliphatic carbocycles. The van der Waals surface area contributed by atoms with E-state index in [1.54, 1.807) is 30.1 Å². The molecule has 3 aromatic carbocycles. The Morgan fingerprint density at radius 1 is 1.22 bits per heavy atom. The second-order valence-electron chi connectivity index (χ2n) is 8.81. The predicted molar refractivity (Wildman–Crippen MR) is 128 cm³/mol. The summed E-state index contributed by atoms with van der Waals surface area (Å²) in [6.07, 6.45) is -4.03. The normalized spacial score (nSPS) is 17.8. The van der Waals surface area contributed by atoms with Crippen LogP contribution in [-0.2, 0) is 13.6 Å². The summed E-state index contributed by atoms with van der Waals surface area (Å²) in [4.78, 5) is 12.6. The van der Waals surface area contributed by atoms with Gasteiger partial charge in [0, 0.05) is 41.2 Å². The molecule has 0 radical (unpaired) electrons. The molecule has 1 saturated carbocycles. The van der Waals surface area contributed by atoms with Crippen LogP contribution >= 0.6 is 11.6 Å². The highest BCUT2D eigenvalue weighted by Crippen LogP contribution is 2.49. The Labute approximate surface area is 205 Å². The maximum atomic E-state index is 13.1. The fraction of sp³-hybridized carbons (Fsp3) is 0.250. The zero-order valence-electron chi connectivity index (χ0n) is 18.6. The molecule has 3 N–H and O–H groups in total. The van der Waals surface area contributed by atoms with Gasteiger partial charge in [-0.1, -0.05) is 11.6 Å². The molecule has 36 heavy (non-hydrogen) atoms. The lowest BCUT2D eigenvalue weighted by atomic mass is 9.92. The van der Waals surface area contributed by atoms with E-state index in [1.165, 1.54) is 6.07 Å². The van der Waals surface area contributed by atoms with E-state index in [0.717, 1.165) is 0 Å². The van der Waals surface area contributed by atoms with E-state index in [9.17, 15) is 23.2 Å². The van der Waals surface area contributed by atoms with Gasteiger partial charge in [-0.15, -0.1) is 0 Å². The molecule has 2 heterocycles. The zero-order chi connectivity index (χ0) is 25.5. The lowest BCUT2D eigenvalue weighted by Gasteiger charge is -2.16. The number of halogens is 4. The molecule has 2 aromatic heterocycles. The minimum Gasteiger partial charge on any atom is -0.488 e. The number of fused-ring (bicyclic) bond motifs is 7. The SMILES string of the molecule is Cn1ncc2c3cc4c(CN)n[nH]c(=O)c4cc3c3c(Cl)cc(OC4CC4C(F)(F)F)c(C#N)c3c21. The van der Waals surface area contributed by atoms with Crippen LogP contribution < -0.4 is 16.0 Å². The van der Waals surface area contributed by atoms with Crippen molar-refractivity contribution in [3.63, 3.8) is 0 Å². The monoisotopic (exact) mass is 512 g/mol. The van der Waals surface area contributed by atoms with Gasteiger partial charge >= 0.3 is 6.18 Å². The quantitative estimate of drug-likeness (QED) is 0.272. The van der Waals surface area contributed by atoms with Crippen molar-refractivity contribution < 1.29 is 17.9 Å². The van der Waals surface area contributed by atoms with Crippen molar-refractivity contribution in [2.24, 2.45) is 18.7 Å². The second-order valence-corrected chi connectivity index (χ2v) is 9.22. The number of rotatable bonds is 3. The molecular formula is C24H16ClF3N6O2. The Bertz CT molecular complexity index is 1850. The number of aryl methyl sites for hydroxylation is 1. The third-order valence-corrected chi connectivity index (χ3v) is 7.02. The van der Waals surface area contributed by atoms with Gasteiger partial charge in [0.15, 0.2) is 0 Å². The molecular weight excluding hydrogens is 497 g/mol. The van der Waals surface area contributed by atoms with Gasteiger partial charge in [-0.05, 0) is 29.3 Å². The molecule has 5 aromatic rings. The van der Waals surface area contributed by atoms with Crippen molar-refractivity contribution in [1.82, 2.24) is 20.0 Å². The standard InChI is InChI=1S/C24H16ClF3N6O2/c1-34-22-14(8-31-34)9-2-10-12(23(35)33-32-17(10)7-30)3-11(9)20-16(25)5-18(13(6-29)21(20)22)36-19-4-15(19)24(26,27)28/h2-3,5,8,15,19H,4,7,30H2,1H3,(H,33,35). The topological polar surface area (TPSA) is 123 Å². The lowest BCUT2D eigenvalue weighted by Crippen LogP contribution is -2.16. The molecule has 182 valence electrons. The van der Waals surface area contributed by atoms with Gasteiger partial charge < -0.3 is 10.5 Å². The summed E-state index contributed by atoms with van der Waals surface area (Å²) in [5, 5.41) is 24.8. The molecule has 2 atom stereocenters. The van der Waals surface area contributed by atoms with Gasteiger partial charge in [0.25, 0.3) is 5.56 Å². The van der Waals surface area contributed by atoms with Crippen molar-refractivity contribution >= 4 is 54.8 Å². The van der Waals surface area contributed by atoms with Crippen molar-refractivity contribution in [3.8, 4) is 11.8 Å². The number of H-pyrrole nitrogens is 1. The molecule has 0 aliphatic heterocycles. The highest BCUT2D eigenvalue weighted by molar-refractivity contribution is 6.41. The maximum Gasteiger partial charge on any atom is 0.395 e. The number of benzene rings is 3. The summed E-state index contributed by atoms with van der Waals surface area (Å²) in [5.41, 5.74) is 6.51. The first-order valence-electron chi connectivity index (χ1n) is 10.9. The summed E-state index contributed by atoms with van der Waals surface area (Å²) in [7, 11) is 1.69. The average molecular weight is 513 g/mol. The zero-order valence-corrected chi connectivity index (χ0v) is 19.3. The van der Waals surface area contributed by atoms with Crippen LogP contribution in [0.1, 0.15) is 17.7 Å². The summed E-state index contributed by atoms with van der Waals surface area (Å²) in [6, 6.07) is 6.91. The Morgan fingerprint density at radius 3 is 2.64 bits per heavy atom. The van der Waals surface area contributed by atoms with Crippen LogP contribution in [0.4, 0.5) is 13.2 Å². The van der Waals surface area contributed by atoms with Crippen LogP contribution in [-0.4, -0.2) is 32.3 Å². The van der Waals surface area contributed by atoms with Crippen molar-refractivity contribution in [1.29, 1.82) is 5.26 Å². The van der Waals surface area contributed by atoms with Gasteiger partial charge in [0.2, 0.25) is 0 Å². The molecule has 1 fully saturated rings. The van der Waals surface area contributed by atoms with E-state index >= 15 is 0 Å². The molecule has 0 bridgehead atoms. The second kappa shape index (κ2) is 7.56. The lowest BCUT2D eigenvalue weighted by molar-refractivity contribution is -0.153. The first-order valence-corrected chi connectivity index (χ1v) is 11.3. The van der Waals surface area contributed by atoms with Crippen LogP contribution in [0.25, 0.3) is 43.2 Å². The van der Waals surface area contributed by atoms with Crippen molar-refractivity contribution in [2.45, 2.75) is 25.2 Å². The Balaban J connectivity index is 1.73. The molecule has 8 nitrogen and oxygen atoms in total. The van der Waals surface area contributed by atoms with Gasteiger partial charge in [0.1, 0.15) is 23.5 Å². The molecule has 0 amide bonds. The number of ether oxygens (including phenoxy) is 1. The van der Waals surface area contributed by atoms with Gasteiger partial charge in [-0.25, -0.2) is 5.10 Å². The predicted octanol–water partition coefficient (Wildman–Crippen LogP) is 4.43. The molecule has 0 saturated heterocycles. The number of aromatic nitrogens is 4. The average Bonchev–Trinajstić information content (AvgIpc) is 3.51. The Kier molecular flexibility index (Phi) is 4.74. The van der Waals surface area contributed by atoms with E-state index in [2.05, 4.69) is 21.4 Å². The van der Waals surface area contributed by atoms with Gasteiger partial charge in [-0.2, -0.15) is 28.6 Å². The fourth-order valence-electron chi connectivity index (χ4n) is 4.92. The highest BCUT2D eigenvalue weighted by Gasteiger charge is 2.58. The first kappa shape index (κ1) is 22.6. The molecule has 6 rings (SSSR count). The summed E-state index contributed by atoms with van der Waals surface area (Å²) < 4.78 is 46.5. The number of aromatic amines is 1. The Hall–Kier alpha value is -3.88. The number of hydrogen-bond donors (Lipinski definition) is 2. The van der Waals surface area contributed by atoms with Crippen LogP contribution in [0.3, 0.4) is 0 Å². The number of nitrogens with two attached hydrogens (primary N) is 1. The van der Waals surface area contributed by atoms with Crippen LogP contribution in [0, 0.1) is 17.2 Å².